The van der Waals surface area contributed by atoms with Crippen LogP contribution >= 0.6 is 0 Å². The number of esters is 1. The van der Waals surface area contributed by atoms with Crippen molar-refractivity contribution in [3.05, 3.63) is 101 Å². The molecule has 1 aliphatic heterocycles. The predicted molar refractivity (Wildman–Crippen MR) is 182 cm³/mol. The molecular formula is C39H36F2N4O6. The standard InChI is InChI=1S/C39H36F2N4O6/c1-45-16-15-43-35(45)27-9-6-10-29(19-27)49-36-32(40)34(51-39-14-13-25(20-39)17-28(21-39)38(46)47-2)33(41)37(44-36)50-31-18-26(22-42)11-12-30(31)48-23-24-7-4-3-5-8-24/h3-12,18-19,25,28H,13-17,20-21,23H2,1-2H3. The number of nitrogens with zero attached hydrogens (tertiary/aromatic N) is 4. The van der Waals surface area contributed by atoms with Gasteiger partial charge in [-0.2, -0.15) is 19.0 Å². The van der Waals surface area contributed by atoms with Crippen molar-refractivity contribution in [3.63, 3.8) is 0 Å². The van der Waals surface area contributed by atoms with E-state index in [9.17, 15) is 10.1 Å². The molecule has 3 unspecified atom stereocenters. The normalized spacial score (nSPS) is 20.7. The zero-order valence-electron chi connectivity index (χ0n) is 28.2. The fraction of sp³-hybridized carbons (Fsp3) is 0.333. The highest BCUT2D eigenvalue weighted by Gasteiger charge is 2.50. The number of benzene rings is 3. The summed E-state index contributed by atoms with van der Waals surface area (Å²) >= 11 is 0. The maximum Gasteiger partial charge on any atom is 0.308 e. The summed E-state index contributed by atoms with van der Waals surface area (Å²) in [5.41, 5.74) is 0.823. The van der Waals surface area contributed by atoms with E-state index >= 15 is 8.78 Å². The molecule has 3 aromatic carbocycles. The van der Waals surface area contributed by atoms with E-state index in [-0.39, 0.29) is 47.7 Å². The Balaban J connectivity index is 1.27. The minimum Gasteiger partial charge on any atom is -0.485 e. The molecule has 0 N–H and O–H groups in total. The van der Waals surface area contributed by atoms with E-state index in [1.807, 2.05) is 54.4 Å². The number of carbonyl (C=O) groups is 1. The molecule has 0 radical (unpaired) electrons. The van der Waals surface area contributed by atoms with Gasteiger partial charge in [0.25, 0.3) is 11.8 Å². The number of pyridine rings is 1. The van der Waals surface area contributed by atoms with Crippen LogP contribution in [0.15, 0.2) is 77.8 Å². The van der Waals surface area contributed by atoms with Gasteiger partial charge in [-0.25, -0.2) is 0 Å². The second kappa shape index (κ2) is 14.3. The van der Waals surface area contributed by atoms with Gasteiger partial charge in [-0.05, 0) is 61.4 Å². The third-order valence-electron chi connectivity index (χ3n) is 9.62. The molecule has 10 nitrogen and oxygen atoms in total. The lowest BCUT2D eigenvalue weighted by Crippen LogP contribution is -2.41. The van der Waals surface area contributed by atoms with Gasteiger partial charge in [0.05, 0.1) is 31.2 Å². The number of fused-ring (bicyclic) bond motifs is 2. The number of carbonyl (C=O) groups excluding carboxylic acids is 1. The molecule has 0 amide bonds. The molecule has 0 saturated heterocycles. The van der Waals surface area contributed by atoms with Crippen molar-refractivity contribution in [2.45, 2.75) is 44.3 Å². The number of hydrogen-bond acceptors (Lipinski definition) is 10. The summed E-state index contributed by atoms with van der Waals surface area (Å²) in [7, 11) is 3.25. The van der Waals surface area contributed by atoms with Crippen molar-refractivity contribution >= 4 is 11.8 Å². The van der Waals surface area contributed by atoms with Crippen molar-refractivity contribution in [2.75, 3.05) is 27.2 Å². The predicted octanol–water partition coefficient (Wildman–Crippen LogP) is 7.59. The Labute approximate surface area is 294 Å². The number of methoxy groups -OCH3 is 1. The Morgan fingerprint density at radius 3 is 2.55 bits per heavy atom. The lowest BCUT2D eigenvalue weighted by atomic mass is 9.78. The van der Waals surface area contributed by atoms with Crippen molar-refractivity contribution in [1.29, 1.82) is 5.26 Å². The number of halogens is 2. The lowest BCUT2D eigenvalue weighted by molar-refractivity contribution is -0.149. The highest BCUT2D eigenvalue weighted by atomic mass is 19.1. The first-order valence-electron chi connectivity index (χ1n) is 16.8. The molecule has 1 aromatic heterocycles. The van der Waals surface area contributed by atoms with Crippen LogP contribution in [0.1, 0.15) is 48.8 Å². The van der Waals surface area contributed by atoms with Gasteiger partial charge in [0.2, 0.25) is 17.4 Å². The summed E-state index contributed by atoms with van der Waals surface area (Å²) < 4.78 is 62.4. The van der Waals surface area contributed by atoms with E-state index in [1.165, 1.54) is 19.2 Å². The van der Waals surface area contributed by atoms with Gasteiger partial charge in [0, 0.05) is 31.6 Å². The van der Waals surface area contributed by atoms with Gasteiger partial charge in [0.15, 0.2) is 11.5 Å². The molecule has 12 heteroatoms. The third-order valence-corrected chi connectivity index (χ3v) is 9.62. The van der Waals surface area contributed by atoms with Gasteiger partial charge in [-0.15, -0.1) is 0 Å². The first kappa shape index (κ1) is 33.8. The summed E-state index contributed by atoms with van der Waals surface area (Å²) in [6.45, 7) is 1.57. The Hall–Kier alpha value is -5.70. The number of likely N-dealkylation sites (N-methyl/N-ethyl adjacent to an activating group) is 1. The number of hydrogen-bond donors (Lipinski definition) is 0. The van der Waals surface area contributed by atoms with Crippen molar-refractivity contribution in [2.24, 2.45) is 16.8 Å². The molecule has 2 heterocycles. The maximum atomic E-state index is 16.6. The first-order valence-corrected chi connectivity index (χ1v) is 16.8. The molecule has 262 valence electrons. The molecule has 3 aliphatic rings. The van der Waals surface area contributed by atoms with Crippen LogP contribution in [0.2, 0.25) is 0 Å². The van der Waals surface area contributed by atoms with Gasteiger partial charge in [-0.3, -0.25) is 9.79 Å². The van der Waals surface area contributed by atoms with E-state index < -0.39 is 40.7 Å². The van der Waals surface area contributed by atoms with E-state index in [0.717, 1.165) is 29.9 Å². The van der Waals surface area contributed by atoms with Crippen molar-refractivity contribution < 1.29 is 37.3 Å². The van der Waals surface area contributed by atoms with Crippen molar-refractivity contribution in [3.8, 4) is 40.8 Å². The molecule has 0 spiro atoms. The van der Waals surface area contributed by atoms with Crippen LogP contribution in [0.4, 0.5) is 8.78 Å². The van der Waals surface area contributed by atoms with E-state index in [1.54, 1.807) is 24.3 Å². The van der Waals surface area contributed by atoms with Crippen molar-refractivity contribution in [1.82, 2.24) is 9.88 Å². The summed E-state index contributed by atoms with van der Waals surface area (Å²) in [6.07, 6.45) is 2.62. The molecule has 2 bridgehead atoms. The van der Waals surface area contributed by atoms with Crippen LogP contribution in [0.3, 0.4) is 0 Å². The highest BCUT2D eigenvalue weighted by Crippen LogP contribution is 2.52. The van der Waals surface area contributed by atoms with Gasteiger partial charge < -0.3 is 28.6 Å². The second-order valence-corrected chi connectivity index (χ2v) is 13.1. The number of aromatic nitrogens is 1. The maximum absolute atomic E-state index is 16.6. The fourth-order valence-electron chi connectivity index (χ4n) is 7.19. The molecule has 4 aromatic rings. The average Bonchev–Trinajstić information content (AvgIpc) is 3.72. The largest absolute Gasteiger partial charge is 0.485 e. The van der Waals surface area contributed by atoms with Crippen LogP contribution in [0.5, 0.6) is 34.8 Å². The van der Waals surface area contributed by atoms with Gasteiger partial charge in [-0.1, -0.05) is 42.5 Å². The number of rotatable bonds is 11. The molecule has 51 heavy (non-hydrogen) atoms. The molecule has 2 saturated carbocycles. The third kappa shape index (κ3) is 7.15. The molecule has 2 aliphatic carbocycles. The Morgan fingerprint density at radius 1 is 1.00 bits per heavy atom. The first-order chi connectivity index (χ1) is 24.7. The molecule has 3 atom stereocenters. The Morgan fingerprint density at radius 2 is 1.80 bits per heavy atom. The van der Waals surface area contributed by atoms with Crippen LogP contribution < -0.4 is 18.9 Å². The summed E-state index contributed by atoms with van der Waals surface area (Å²) in [5.74, 6) is -3.88. The number of ether oxygens (including phenoxy) is 5. The number of aliphatic imine (C=N–C) groups is 1. The molecule has 2 fully saturated rings. The monoisotopic (exact) mass is 694 g/mol. The van der Waals surface area contributed by atoms with E-state index in [2.05, 4.69) is 9.98 Å². The minimum absolute atomic E-state index is 0.0216. The zero-order valence-corrected chi connectivity index (χ0v) is 28.2. The fourth-order valence-corrected chi connectivity index (χ4v) is 7.19. The lowest BCUT2D eigenvalue weighted by Gasteiger charge is -2.37. The van der Waals surface area contributed by atoms with Crippen LogP contribution in [-0.4, -0.2) is 54.5 Å². The molecular weight excluding hydrogens is 658 g/mol. The van der Waals surface area contributed by atoms with E-state index in [0.29, 0.717) is 25.8 Å². The summed E-state index contributed by atoms with van der Waals surface area (Å²) in [4.78, 5) is 23.3. The van der Waals surface area contributed by atoms with E-state index in [4.69, 9.17) is 23.7 Å². The highest BCUT2D eigenvalue weighted by molar-refractivity contribution is 5.99. The Kier molecular flexibility index (Phi) is 9.45. The smallest absolute Gasteiger partial charge is 0.308 e. The van der Waals surface area contributed by atoms with Crippen LogP contribution in [-0.2, 0) is 16.1 Å². The topological polar surface area (TPSA) is 116 Å². The average molecular weight is 695 g/mol. The quantitative estimate of drug-likeness (QED) is 0.147. The van der Waals surface area contributed by atoms with Crippen LogP contribution in [0.25, 0.3) is 0 Å². The molecule has 7 rings (SSSR count). The summed E-state index contributed by atoms with van der Waals surface area (Å²) in [6, 6.07) is 22.8. The SMILES string of the molecule is COC(=O)C1CC2CCC(Oc3c(F)c(Oc4cccc(C5=NCCN5C)c4)nc(Oc4cc(C#N)ccc4OCc4ccccc4)c3F)(C2)C1. The van der Waals surface area contributed by atoms with Gasteiger partial charge >= 0.3 is 5.97 Å². The minimum atomic E-state index is -1.20. The number of nitriles is 1. The zero-order chi connectivity index (χ0) is 35.5. The second-order valence-electron chi connectivity index (χ2n) is 13.1. The summed E-state index contributed by atoms with van der Waals surface area (Å²) in [5, 5.41) is 9.64. The Bertz CT molecular complexity index is 2020. The van der Waals surface area contributed by atoms with Crippen LogP contribution in [0, 0.1) is 34.8 Å². The van der Waals surface area contributed by atoms with Gasteiger partial charge in [0.1, 0.15) is 23.8 Å². The number of amidine groups is 1.